The lowest BCUT2D eigenvalue weighted by Crippen LogP contribution is -2.36. The second-order valence-corrected chi connectivity index (χ2v) is 7.86. The molecule has 0 aliphatic heterocycles. The Labute approximate surface area is 193 Å². The second kappa shape index (κ2) is 11.0. The predicted molar refractivity (Wildman–Crippen MR) is 117 cm³/mol. The molecular weight excluding hydrogens is 458 g/mol. The number of methoxy groups -OCH3 is 1. The lowest BCUT2D eigenvalue weighted by atomic mass is 10.0. The summed E-state index contributed by atoms with van der Waals surface area (Å²) >= 11 is 0. The fraction of sp³-hybridized carbons (Fsp3) is 0.320. The molecule has 0 bridgehead atoms. The Balaban J connectivity index is 1.76. The molecule has 1 aromatic heterocycles. The van der Waals surface area contributed by atoms with E-state index < -0.39 is 23.6 Å². The Morgan fingerprint density at radius 3 is 2.12 bits per heavy atom. The normalized spacial score (nSPS) is 13.1. The Morgan fingerprint density at radius 2 is 1.53 bits per heavy atom. The highest BCUT2D eigenvalue weighted by molar-refractivity contribution is 5.61. The number of nitrogens with one attached hydrogen (secondary N) is 1. The van der Waals surface area contributed by atoms with E-state index in [1.54, 1.807) is 7.11 Å². The number of alkyl halides is 6. The molecule has 0 radical (unpaired) electrons. The van der Waals surface area contributed by atoms with Crippen LogP contribution >= 0.6 is 0 Å². The molecule has 3 aromatic rings. The van der Waals surface area contributed by atoms with Gasteiger partial charge in [-0.2, -0.15) is 26.3 Å². The maximum Gasteiger partial charge on any atom is 0.433 e. The number of halogens is 6. The summed E-state index contributed by atoms with van der Waals surface area (Å²) in [6.45, 7) is 0.810. The second-order valence-electron chi connectivity index (χ2n) is 7.86. The van der Waals surface area contributed by atoms with Gasteiger partial charge >= 0.3 is 12.4 Å². The van der Waals surface area contributed by atoms with Crippen molar-refractivity contribution >= 4 is 0 Å². The predicted octanol–water partition coefficient (Wildman–Crippen LogP) is 6.18. The summed E-state index contributed by atoms with van der Waals surface area (Å²) in [5.74, 6) is 0. The zero-order chi connectivity index (χ0) is 24.8. The van der Waals surface area contributed by atoms with Gasteiger partial charge in [0.25, 0.3) is 0 Å². The number of hydrogen-bond acceptors (Lipinski definition) is 3. The number of hydrogen-bond donors (Lipinski definition) is 1. The SMILES string of the molecule is COC[C@H](Cc1ccccc1)NCCc1cc(-c2ccc(C(F)(F)F)cc2)nc(C(F)(F)F)c1. The highest BCUT2D eigenvalue weighted by Gasteiger charge is 2.33. The molecule has 0 unspecified atom stereocenters. The quantitative estimate of drug-likeness (QED) is 0.370. The third-order valence-corrected chi connectivity index (χ3v) is 5.22. The van der Waals surface area contributed by atoms with Crippen LogP contribution in [0.5, 0.6) is 0 Å². The van der Waals surface area contributed by atoms with Gasteiger partial charge in [0.2, 0.25) is 0 Å². The molecule has 1 heterocycles. The van der Waals surface area contributed by atoms with Gasteiger partial charge in [0.15, 0.2) is 0 Å². The van der Waals surface area contributed by atoms with Crippen molar-refractivity contribution in [3.05, 3.63) is 89.1 Å². The zero-order valence-corrected chi connectivity index (χ0v) is 18.4. The number of aromatic nitrogens is 1. The molecule has 0 amide bonds. The highest BCUT2D eigenvalue weighted by atomic mass is 19.4. The van der Waals surface area contributed by atoms with Crippen LogP contribution in [0.3, 0.4) is 0 Å². The van der Waals surface area contributed by atoms with Gasteiger partial charge in [-0.1, -0.05) is 42.5 Å². The highest BCUT2D eigenvalue weighted by Crippen LogP contribution is 2.33. The summed E-state index contributed by atoms with van der Waals surface area (Å²) in [7, 11) is 1.58. The summed E-state index contributed by atoms with van der Waals surface area (Å²) in [6.07, 6.45) is -8.25. The molecule has 2 aromatic carbocycles. The minimum absolute atomic E-state index is 0.0312. The molecule has 34 heavy (non-hydrogen) atoms. The molecule has 3 nitrogen and oxygen atoms in total. The van der Waals surface area contributed by atoms with Crippen molar-refractivity contribution in [2.75, 3.05) is 20.3 Å². The Hall–Kier alpha value is -2.91. The van der Waals surface area contributed by atoms with Crippen molar-refractivity contribution in [2.24, 2.45) is 0 Å². The third kappa shape index (κ3) is 7.30. The molecule has 0 saturated heterocycles. The van der Waals surface area contributed by atoms with E-state index in [0.717, 1.165) is 35.9 Å². The summed E-state index contributed by atoms with van der Waals surface area (Å²) in [6, 6.07) is 16.1. The summed E-state index contributed by atoms with van der Waals surface area (Å²) in [4.78, 5) is 3.65. The van der Waals surface area contributed by atoms with Gasteiger partial charge in [0, 0.05) is 18.7 Å². The molecule has 0 spiro atoms. The molecule has 0 aliphatic carbocycles. The molecule has 0 fully saturated rings. The fourth-order valence-electron chi connectivity index (χ4n) is 3.57. The maximum atomic E-state index is 13.4. The van der Waals surface area contributed by atoms with Crippen LogP contribution in [-0.2, 0) is 29.9 Å². The van der Waals surface area contributed by atoms with Crippen molar-refractivity contribution in [2.45, 2.75) is 31.2 Å². The van der Waals surface area contributed by atoms with E-state index in [1.807, 2.05) is 30.3 Å². The average molecular weight is 482 g/mol. The fourth-order valence-corrected chi connectivity index (χ4v) is 3.57. The first-order chi connectivity index (χ1) is 16.1. The molecule has 182 valence electrons. The van der Waals surface area contributed by atoms with Crippen molar-refractivity contribution in [3.8, 4) is 11.3 Å². The van der Waals surface area contributed by atoms with Crippen molar-refractivity contribution < 1.29 is 31.1 Å². The van der Waals surface area contributed by atoms with Gasteiger partial charge in [-0.25, -0.2) is 4.98 Å². The number of rotatable bonds is 9. The summed E-state index contributed by atoms with van der Waals surface area (Å²) in [5.41, 5.74) is -0.343. The third-order valence-electron chi connectivity index (χ3n) is 5.22. The van der Waals surface area contributed by atoms with Crippen LogP contribution in [0.2, 0.25) is 0 Å². The van der Waals surface area contributed by atoms with Crippen LogP contribution in [0.15, 0.2) is 66.7 Å². The molecule has 1 atom stereocenters. The Bertz CT molecular complexity index is 1050. The lowest BCUT2D eigenvalue weighted by molar-refractivity contribution is -0.141. The smallest absolute Gasteiger partial charge is 0.383 e. The Kier molecular flexibility index (Phi) is 8.33. The standard InChI is InChI=1S/C25H24F6N2O/c1-34-16-21(13-17-5-3-2-4-6-17)32-12-11-18-14-22(33-23(15-18)25(29,30)31)19-7-9-20(10-8-19)24(26,27)28/h2-10,14-15,21,32H,11-13,16H2,1H3/t21-/m0/s1. The van der Waals surface area contributed by atoms with Crippen LogP contribution < -0.4 is 5.32 Å². The lowest BCUT2D eigenvalue weighted by Gasteiger charge is -2.18. The van der Waals surface area contributed by atoms with Gasteiger partial charge < -0.3 is 10.1 Å². The Morgan fingerprint density at radius 1 is 0.853 bits per heavy atom. The number of ether oxygens (including phenoxy) is 1. The van der Waals surface area contributed by atoms with Crippen LogP contribution in [0.1, 0.15) is 22.4 Å². The van der Waals surface area contributed by atoms with Gasteiger partial charge in [-0.05, 0) is 54.8 Å². The van der Waals surface area contributed by atoms with E-state index >= 15 is 0 Å². The first kappa shape index (κ1) is 25.7. The molecule has 9 heteroatoms. The number of pyridine rings is 1. The van der Waals surface area contributed by atoms with Gasteiger partial charge in [-0.3, -0.25) is 0 Å². The molecule has 0 saturated carbocycles. The van der Waals surface area contributed by atoms with E-state index in [9.17, 15) is 26.3 Å². The van der Waals surface area contributed by atoms with E-state index in [1.165, 1.54) is 6.07 Å². The topological polar surface area (TPSA) is 34.1 Å². The largest absolute Gasteiger partial charge is 0.433 e. The first-order valence-corrected chi connectivity index (χ1v) is 10.6. The maximum absolute atomic E-state index is 13.4. The van der Waals surface area contributed by atoms with E-state index in [4.69, 9.17) is 4.74 Å². The minimum Gasteiger partial charge on any atom is -0.383 e. The van der Waals surface area contributed by atoms with Crippen LogP contribution in [0.4, 0.5) is 26.3 Å². The average Bonchev–Trinajstić information content (AvgIpc) is 2.79. The van der Waals surface area contributed by atoms with Crippen molar-refractivity contribution in [1.82, 2.24) is 10.3 Å². The van der Waals surface area contributed by atoms with Crippen LogP contribution in [-0.4, -0.2) is 31.3 Å². The van der Waals surface area contributed by atoms with Gasteiger partial charge in [0.1, 0.15) is 5.69 Å². The van der Waals surface area contributed by atoms with Gasteiger partial charge in [-0.15, -0.1) is 0 Å². The zero-order valence-electron chi connectivity index (χ0n) is 18.4. The van der Waals surface area contributed by atoms with E-state index in [-0.39, 0.29) is 23.7 Å². The number of benzene rings is 2. The van der Waals surface area contributed by atoms with Crippen LogP contribution in [0.25, 0.3) is 11.3 Å². The molecule has 0 aliphatic rings. The molecule has 1 N–H and O–H groups in total. The van der Waals surface area contributed by atoms with E-state index in [0.29, 0.717) is 25.1 Å². The van der Waals surface area contributed by atoms with Gasteiger partial charge in [0.05, 0.1) is 17.9 Å². The summed E-state index contributed by atoms with van der Waals surface area (Å²) in [5, 5.41) is 3.31. The van der Waals surface area contributed by atoms with E-state index in [2.05, 4.69) is 10.3 Å². The minimum atomic E-state index is -4.68. The number of nitrogens with zero attached hydrogens (tertiary/aromatic N) is 1. The summed E-state index contributed by atoms with van der Waals surface area (Å²) < 4.78 is 84.0. The first-order valence-electron chi connectivity index (χ1n) is 10.6. The van der Waals surface area contributed by atoms with Crippen LogP contribution in [0, 0.1) is 0 Å². The van der Waals surface area contributed by atoms with Crippen molar-refractivity contribution in [3.63, 3.8) is 0 Å². The van der Waals surface area contributed by atoms with Crippen molar-refractivity contribution in [1.29, 1.82) is 0 Å². The monoisotopic (exact) mass is 482 g/mol. The molecule has 3 rings (SSSR count). The molecular formula is C25H24F6N2O.